The van der Waals surface area contributed by atoms with Gasteiger partial charge in [0, 0.05) is 12.5 Å². The summed E-state index contributed by atoms with van der Waals surface area (Å²) in [5.41, 5.74) is 6.35. The average molecular weight is 197 g/mol. The molecule has 1 unspecified atom stereocenters. The summed E-state index contributed by atoms with van der Waals surface area (Å²) in [6, 6.07) is 4.95. The lowest BCUT2D eigenvalue weighted by Gasteiger charge is -2.13. The molecule has 1 atom stereocenters. The van der Waals surface area contributed by atoms with Crippen LogP contribution in [0, 0.1) is 0 Å². The fourth-order valence-corrected chi connectivity index (χ4v) is 1.26. The van der Waals surface area contributed by atoms with Crippen molar-refractivity contribution in [3.05, 3.63) is 23.8 Å². The van der Waals surface area contributed by atoms with Gasteiger partial charge in [0.2, 0.25) is 0 Å². The van der Waals surface area contributed by atoms with Crippen LogP contribution in [0.15, 0.2) is 18.2 Å². The Morgan fingerprint density at radius 1 is 1.50 bits per heavy atom. The first-order chi connectivity index (χ1) is 6.72. The number of nitrogens with two attached hydrogens (primary N) is 1. The van der Waals surface area contributed by atoms with Crippen LogP contribution in [0.25, 0.3) is 0 Å². The molecule has 0 aliphatic heterocycles. The molecule has 0 aromatic heterocycles. The van der Waals surface area contributed by atoms with E-state index in [0.717, 1.165) is 5.56 Å². The first-order valence-corrected chi connectivity index (χ1v) is 4.40. The Kier molecular flexibility index (Phi) is 3.73. The third-order valence-corrected chi connectivity index (χ3v) is 2.18. The third kappa shape index (κ3) is 2.16. The van der Waals surface area contributed by atoms with E-state index >= 15 is 0 Å². The highest BCUT2D eigenvalue weighted by Crippen LogP contribution is 2.29. The second-order valence-electron chi connectivity index (χ2n) is 3.05. The highest BCUT2D eigenvalue weighted by atomic mass is 16.5. The van der Waals surface area contributed by atoms with Crippen LogP contribution in [0.1, 0.15) is 11.5 Å². The number of aromatic hydroxyl groups is 1. The molecule has 0 saturated carbocycles. The molecule has 1 aromatic rings. The van der Waals surface area contributed by atoms with Gasteiger partial charge in [-0.25, -0.2) is 0 Å². The maximum absolute atomic E-state index is 9.34. The number of hydrogen-bond acceptors (Lipinski definition) is 4. The number of ether oxygens (including phenoxy) is 1. The number of aliphatic hydroxyl groups excluding tert-OH is 1. The van der Waals surface area contributed by atoms with Crippen LogP contribution in [0.3, 0.4) is 0 Å². The average Bonchev–Trinajstić information content (AvgIpc) is 2.22. The van der Waals surface area contributed by atoms with Gasteiger partial charge in [0.25, 0.3) is 0 Å². The van der Waals surface area contributed by atoms with E-state index in [0.29, 0.717) is 12.3 Å². The van der Waals surface area contributed by atoms with Gasteiger partial charge in [0.1, 0.15) is 0 Å². The molecule has 0 radical (unpaired) electrons. The molecule has 4 N–H and O–H groups in total. The number of rotatable bonds is 4. The minimum absolute atomic E-state index is 0.00949. The van der Waals surface area contributed by atoms with E-state index < -0.39 is 0 Å². The van der Waals surface area contributed by atoms with Crippen LogP contribution >= 0.6 is 0 Å². The van der Waals surface area contributed by atoms with Crippen LogP contribution < -0.4 is 10.5 Å². The smallest absolute Gasteiger partial charge is 0.160 e. The summed E-state index contributed by atoms with van der Waals surface area (Å²) in [7, 11) is 1.48. The van der Waals surface area contributed by atoms with Crippen molar-refractivity contribution in [2.45, 2.75) is 5.92 Å². The second-order valence-corrected chi connectivity index (χ2v) is 3.05. The van der Waals surface area contributed by atoms with E-state index in [2.05, 4.69) is 0 Å². The van der Waals surface area contributed by atoms with Crippen LogP contribution in [0.4, 0.5) is 0 Å². The zero-order chi connectivity index (χ0) is 10.6. The number of phenols is 1. The summed E-state index contributed by atoms with van der Waals surface area (Å²) in [5, 5.41) is 18.4. The number of benzene rings is 1. The van der Waals surface area contributed by atoms with Crippen LogP contribution in [0.5, 0.6) is 11.5 Å². The van der Waals surface area contributed by atoms with Gasteiger partial charge in [0.15, 0.2) is 11.5 Å². The van der Waals surface area contributed by atoms with Gasteiger partial charge in [0.05, 0.1) is 13.7 Å². The van der Waals surface area contributed by atoms with E-state index in [1.807, 2.05) is 0 Å². The van der Waals surface area contributed by atoms with E-state index in [9.17, 15) is 5.11 Å². The van der Waals surface area contributed by atoms with Crippen molar-refractivity contribution in [3.8, 4) is 11.5 Å². The fraction of sp³-hybridized carbons (Fsp3) is 0.400. The molecule has 1 aromatic carbocycles. The molecule has 4 heteroatoms. The zero-order valence-electron chi connectivity index (χ0n) is 8.10. The van der Waals surface area contributed by atoms with Gasteiger partial charge in [-0.05, 0) is 17.7 Å². The van der Waals surface area contributed by atoms with Crippen LogP contribution in [0.2, 0.25) is 0 Å². The van der Waals surface area contributed by atoms with Crippen molar-refractivity contribution in [2.24, 2.45) is 5.73 Å². The lowest BCUT2D eigenvalue weighted by molar-refractivity contribution is 0.267. The number of aliphatic hydroxyl groups is 1. The van der Waals surface area contributed by atoms with Crippen molar-refractivity contribution >= 4 is 0 Å². The molecule has 0 aliphatic rings. The summed E-state index contributed by atoms with van der Waals surface area (Å²) >= 11 is 0. The van der Waals surface area contributed by atoms with E-state index in [1.54, 1.807) is 12.1 Å². The molecule has 0 spiro atoms. The quantitative estimate of drug-likeness (QED) is 0.654. The summed E-state index contributed by atoms with van der Waals surface area (Å²) in [4.78, 5) is 0. The summed E-state index contributed by atoms with van der Waals surface area (Å²) in [5.74, 6) is 0.379. The lowest BCUT2D eigenvalue weighted by atomic mass is 10.00. The van der Waals surface area contributed by atoms with Crippen molar-refractivity contribution in [3.63, 3.8) is 0 Å². The Labute approximate surface area is 82.9 Å². The Balaban J connectivity index is 2.98. The number of phenolic OH excluding ortho intramolecular Hbond substituents is 1. The van der Waals surface area contributed by atoms with Crippen molar-refractivity contribution < 1.29 is 14.9 Å². The molecule has 4 nitrogen and oxygen atoms in total. The van der Waals surface area contributed by atoms with E-state index in [4.69, 9.17) is 15.6 Å². The fourth-order valence-electron chi connectivity index (χ4n) is 1.26. The Hall–Kier alpha value is -1.26. The lowest BCUT2D eigenvalue weighted by Crippen LogP contribution is -2.15. The molecule has 0 heterocycles. The summed E-state index contributed by atoms with van der Waals surface area (Å²) < 4.78 is 4.95. The molecule has 78 valence electrons. The van der Waals surface area contributed by atoms with Gasteiger partial charge in [-0.2, -0.15) is 0 Å². The predicted molar refractivity (Wildman–Crippen MR) is 53.5 cm³/mol. The molecule has 0 amide bonds. The standard InChI is InChI=1S/C10H15NO3/c1-14-10-4-7(2-3-9(10)13)8(5-11)6-12/h2-4,8,12-13H,5-6,11H2,1H3. The second kappa shape index (κ2) is 4.83. The van der Waals surface area contributed by atoms with Crippen molar-refractivity contribution in [1.29, 1.82) is 0 Å². The van der Waals surface area contributed by atoms with Gasteiger partial charge < -0.3 is 20.7 Å². The molecule has 0 aliphatic carbocycles. The number of methoxy groups -OCH3 is 1. The molecule has 0 saturated heterocycles. The maximum atomic E-state index is 9.34. The molecular formula is C10H15NO3. The Bertz CT molecular complexity index is 297. The highest BCUT2D eigenvalue weighted by Gasteiger charge is 2.10. The van der Waals surface area contributed by atoms with Crippen molar-refractivity contribution in [1.82, 2.24) is 0 Å². The minimum atomic E-state index is -0.107. The van der Waals surface area contributed by atoms with Gasteiger partial charge in [-0.15, -0.1) is 0 Å². The summed E-state index contributed by atoms with van der Waals surface area (Å²) in [6.45, 7) is 0.356. The van der Waals surface area contributed by atoms with Gasteiger partial charge in [-0.3, -0.25) is 0 Å². The highest BCUT2D eigenvalue weighted by molar-refractivity contribution is 5.42. The molecule has 1 rings (SSSR count). The first kappa shape index (κ1) is 10.8. The molecule has 14 heavy (non-hydrogen) atoms. The Morgan fingerprint density at radius 3 is 2.71 bits per heavy atom. The van der Waals surface area contributed by atoms with E-state index in [-0.39, 0.29) is 18.3 Å². The molecule has 0 fully saturated rings. The third-order valence-electron chi connectivity index (χ3n) is 2.18. The first-order valence-electron chi connectivity index (χ1n) is 4.40. The zero-order valence-corrected chi connectivity index (χ0v) is 8.10. The Morgan fingerprint density at radius 2 is 2.21 bits per heavy atom. The summed E-state index contributed by atoms with van der Waals surface area (Å²) in [6.07, 6.45) is 0. The maximum Gasteiger partial charge on any atom is 0.160 e. The van der Waals surface area contributed by atoms with Crippen LogP contribution in [-0.2, 0) is 0 Å². The molecular weight excluding hydrogens is 182 g/mol. The van der Waals surface area contributed by atoms with Crippen LogP contribution in [-0.4, -0.2) is 30.5 Å². The van der Waals surface area contributed by atoms with Gasteiger partial charge in [-0.1, -0.05) is 6.07 Å². The largest absolute Gasteiger partial charge is 0.504 e. The monoisotopic (exact) mass is 197 g/mol. The minimum Gasteiger partial charge on any atom is -0.504 e. The molecule has 0 bridgehead atoms. The topological polar surface area (TPSA) is 75.7 Å². The van der Waals surface area contributed by atoms with E-state index in [1.165, 1.54) is 13.2 Å². The van der Waals surface area contributed by atoms with Gasteiger partial charge >= 0.3 is 0 Å². The normalized spacial score (nSPS) is 12.5. The van der Waals surface area contributed by atoms with Crippen molar-refractivity contribution in [2.75, 3.05) is 20.3 Å². The SMILES string of the molecule is COc1cc(C(CN)CO)ccc1O. The number of hydrogen-bond donors (Lipinski definition) is 3. The predicted octanol–water partition coefficient (Wildman–Crippen LogP) is 0.435.